The molecule has 7 heteroatoms. The molecule has 0 amide bonds. The van der Waals surface area contributed by atoms with Gasteiger partial charge in [-0.25, -0.2) is 9.97 Å². The highest BCUT2D eigenvalue weighted by Gasteiger charge is 2.15. The van der Waals surface area contributed by atoms with Gasteiger partial charge in [-0.1, -0.05) is 59.6 Å². The first kappa shape index (κ1) is 20.0. The van der Waals surface area contributed by atoms with Gasteiger partial charge in [0.1, 0.15) is 18.1 Å². The van der Waals surface area contributed by atoms with Crippen molar-refractivity contribution < 1.29 is 9.84 Å². The van der Waals surface area contributed by atoms with Crippen LogP contribution in [0.5, 0.6) is 11.5 Å². The molecule has 30 heavy (non-hydrogen) atoms. The highest BCUT2D eigenvalue weighted by Crippen LogP contribution is 2.37. The summed E-state index contributed by atoms with van der Waals surface area (Å²) in [5.41, 5.74) is 9.35. The molecule has 0 spiro atoms. The molecule has 0 aliphatic carbocycles. The van der Waals surface area contributed by atoms with Crippen LogP contribution in [-0.4, -0.2) is 15.1 Å². The van der Waals surface area contributed by atoms with Crippen molar-refractivity contribution in [2.24, 2.45) is 0 Å². The van der Waals surface area contributed by atoms with E-state index in [1.165, 1.54) is 6.07 Å². The average Bonchev–Trinajstić information content (AvgIpc) is 2.74. The van der Waals surface area contributed by atoms with Gasteiger partial charge >= 0.3 is 0 Å². The van der Waals surface area contributed by atoms with Crippen molar-refractivity contribution in [1.29, 1.82) is 0 Å². The van der Waals surface area contributed by atoms with E-state index in [0.29, 0.717) is 27.1 Å². The van der Waals surface area contributed by atoms with E-state index < -0.39 is 0 Å². The molecule has 5 nitrogen and oxygen atoms in total. The molecule has 0 aliphatic rings. The number of nitrogens with two attached hydrogens (primary N) is 1. The smallest absolute Gasteiger partial charge is 0.220 e. The van der Waals surface area contributed by atoms with Gasteiger partial charge in [0.2, 0.25) is 5.95 Å². The molecule has 0 aliphatic heterocycles. The second-order valence-corrected chi connectivity index (χ2v) is 7.40. The van der Waals surface area contributed by atoms with Gasteiger partial charge in [0.05, 0.1) is 5.69 Å². The van der Waals surface area contributed by atoms with E-state index in [1.54, 1.807) is 36.5 Å². The summed E-state index contributed by atoms with van der Waals surface area (Å²) in [5, 5.41) is 11.8. The Bertz CT molecular complexity index is 1200. The van der Waals surface area contributed by atoms with Gasteiger partial charge in [0.15, 0.2) is 0 Å². The van der Waals surface area contributed by atoms with E-state index in [1.807, 2.05) is 30.3 Å². The van der Waals surface area contributed by atoms with Crippen molar-refractivity contribution in [2.75, 3.05) is 5.73 Å². The molecule has 0 fully saturated rings. The maximum atomic E-state index is 10.7. The molecule has 0 atom stereocenters. The molecule has 0 radical (unpaired) electrons. The average molecular weight is 438 g/mol. The fraction of sp³-hybridized carbons (Fsp3) is 0.0435. The highest BCUT2D eigenvalue weighted by atomic mass is 35.5. The van der Waals surface area contributed by atoms with Gasteiger partial charge < -0.3 is 15.6 Å². The number of phenols is 1. The number of ether oxygens (including phenoxy) is 1. The summed E-state index contributed by atoms with van der Waals surface area (Å²) in [6, 6.07) is 19.9. The predicted octanol–water partition coefficient (Wildman–Crippen LogP) is 5.98. The molecule has 3 N–H and O–H groups in total. The highest BCUT2D eigenvalue weighted by molar-refractivity contribution is 6.35. The van der Waals surface area contributed by atoms with Crippen molar-refractivity contribution in [3.8, 4) is 33.9 Å². The number of aromatic nitrogens is 2. The standard InChI is InChI=1S/C23H17Cl2N3O2/c24-16-7-6-15(20(25)10-16)13-30-17-8-9-18(21(29)11-17)22-19(12-27-23(26)28-22)14-4-2-1-3-5-14/h1-12,29H,13H2,(H2,26,27,28). The summed E-state index contributed by atoms with van der Waals surface area (Å²) in [7, 11) is 0. The predicted molar refractivity (Wildman–Crippen MR) is 120 cm³/mol. The molecule has 4 rings (SSSR count). The fourth-order valence-electron chi connectivity index (χ4n) is 3.03. The molecule has 150 valence electrons. The summed E-state index contributed by atoms with van der Waals surface area (Å²) in [6.45, 7) is 0.241. The molecule has 0 saturated carbocycles. The van der Waals surface area contributed by atoms with Gasteiger partial charge in [-0.15, -0.1) is 0 Å². The first-order valence-electron chi connectivity index (χ1n) is 9.09. The van der Waals surface area contributed by atoms with Gasteiger partial charge in [-0.2, -0.15) is 0 Å². The number of aromatic hydroxyl groups is 1. The summed E-state index contributed by atoms with van der Waals surface area (Å²) < 4.78 is 5.78. The van der Waals surface area contributed by atoms with Gasteiger partial charge in [0.25, 0.3) is 0 Å². The lowest BCUT2D eigenvalue weighted by molar-refractivity contribution is 0.304. The third kappa shape index (κ3) is 4.32. The van der Waals surface area contributed by atoms with Crippen LogP contribution in [0.1, 0.15) is 5.56 Å². The zero-order valence-corrected chi connectivity index (χ0v) is 17.2. The molecular formula is C23H17Cl2N3O2. The minimum Gasteiger partial charge on any atom is -0.507 e. The Morgan fingerprint density at radius 3 is 2.47 bits per heavy atom. The van der Waals surface area contributed by atoms with E-state index in [9.17, 15) is 5.11 Å². The Hall–Kier alpha value is -3.28. The lowest BCUT2D eigenvalue weighted by Crippen LogP contribution is -1.99. The number of nitrogens with zero attached hydrogens (tertiary/aromatic N) is 2. The van der Waals surface area contributed by atoms with Gasteiger partial charge in [0, 0.05) is 39.0 Å². The maximum Gasteiger partial charge on any atom is 0.220 e. The van der Waals surface area contributed by atoms with Crippen molar-refractivity contribution in [3.05, 3.63) is 88.5 Å². The molecular weight excluding hydrogens is 421 g/mol. The Balaban J connectivity index is 1.63. The molecule has 0 bridgehead atoms. The topological polar surface area (TPSA) is 81.3 Å². The van der Waals surface area contributed by atoms with E-state index in [2.05, 4.69) is 9.97 Å². The van der Waals surface area contributed by atoms with Crippen molar-refractivity contribution in [3.63, 3.8) is 0 Å². The number of phenolic OH excluding ortho intramolecular Hbond substituents is 1. The first-order valence-corrected chi connectivity index (χ1v) is 9.85. The number of rotatable bonds is 5. The van der Waals surface area contributed by atoms with Crippen molar-refractivity contribution >= 4 is 29.2 Å². The van der Waals surface area contributed by atoms with Crippen LogP contribution >= 0.6 is 23.2 Å². The molecule has 0 unspecified atom stereocenters. The minimum atomic E-state index is 0.0185. The van der Waals surface area contributed by atoms with Crippen LogP contribution < -0.4 is 10.5 Å². The summed E-state index contributed by atoms with van der Waals surface area (Å²) in [5.74, 6) is 0.636. The molecule has 0 saturated heterocycles. The summed E-state index contributed by atoms with van der Waals surface area (Å²) in [6.07, 6.45) is 1.65. The van der Waals surface area contributed by atoms with Crippen LogP contribution in [0, 0.1) is 0 Å². The molecule has 1 heterocycles. The quantitative estimate of drug-likeness (QED) is 0.400. The van der Waals surface area contributed by atoms with E-state index in [0.717, 1.165) is 16.7 Å². The summed E-state index contributed by atoms with van der Waals surface area (Å²) in [4.78, 5) is 8.46. The van der Waals surface area contributed by atoms with Crippen LogP contribution in [0.25, 0.3) is 22.4 Å². The van der Waals surface area contributed by atoms with Crippen molar-refractivity contribution in [1.82, 2.24) is 9.97 Å². The zero-order chi connectivity index (χ0) is 21.1. The zero-order valence-electron chi connectivity index (χ0n) is 15.7. The van der Waals surface area contributed by atoms with Gasteiger partial charge in [-0.3, -0.25) is 0 Å². The van der Waals surface area contributed by atoms with E-state index in [4.69, 9.17) is 33.7 Å². The normalized spacial score (nSPS) is 10.7. The second kappa shape index (κ2) is 8.61. The SMILES string of the molecule is Nc1ncc(-c2ccccc2)c(-c2ccc(OCc3ccc(Cl)cc3Cl)cc2O)n1. The number of benzene rings is 3. The second-order valence-electron chi connectivity index (χ2n) is 6.56. The van der Waals surface area contributed by atoms with Gasteiger partial charge in [-0.05, 0) is 29.8 Å². The fourth-order valence-corrected chi connectivity index (χ4v) is 3.49. The largest absolute Gasteiger partial charge is 0.507 e. The Morgan fingerprint density at radius 1 is 0.933 bits per heavy atom. The van der Waals surface area contributed by atoms with Crippen LogP contribution in [0.4, 0.5) is 5.95 Å². The van der Waals surface area contributed by atoms with E-state index >= 15 is 0 Å². The molecule has 4 aromatic rings. The Labute approximate surface area is 183 Å². The number of hydrogen-bond donors (Lipinski definition) is 2. The van der Waals surface area contributed by atoms with Crippen LogP contribution in [0.2, 0.25) is 10.0 Å². The summed E-state index contributed by atoms with van der Waals surface area (Å²) >= 11 is 12.1. The van der Waals surface area contributed by atoms with E-state index in [-0.39, 0.29) is 18.3 Å². The van der Waals surface area contributed by atoms with Crippen molar-refractivity contribution in [2.45, 2.75) is 6.61 Å². The third-order valence-electron chi connectivity index (χ3n) is 4.53. The molecule has 3 aromatic carbocycles. The Kier molecular flexibility index (Phi) is 5.74. The van der Waals surface area contributed by atoms with Crippen LogP contribution in [0.15, 0.2) is 72.9 Å². The molecule has 1 aromatic heterocycles. The Morgan fingerprint density at radius 2 is 1.73 bits per heavy atom. The number of halogens is 2. The van der Waals surface area contributed by atoms with Crippen LogP contribution in [0.3, 0.4) is 0 Å². The minimum absolute atomic E-state index is 0.0185. The van der Waals surface area contributed by atoms with Crippen LogP contribution in [-0.2, 0) is 6.61 Å². The number of nitrogen functional groups attached to an aromatic ring is 1. The monoisotopic (exact) mass is 437 g/mol. The maximum absolute atomic E-state index is 10.7. The number of hydrogen-bond acceptors (Lipinski definition) is 5. The number of anilines is 1. The lowest BCUT2D eigenvalue weighted by atomic mass is 10.00. The first-order chi connectivity index (χ1) is 14.5. The third-order valence-corrected chi connectivity index (χ3v) is 5.11. The lowest BCUT2D eigenvalue weighted by Gasteiger charge is -2.13.